The lowest BCUT2D eigenvalue weighted by molar-refractivity contribution is -0.231. The summed E-state index contributed by atoms with van der Waals surface area (Å²) < 4.78 is 10.8. The molecule has 5 atom stereocenters. The van der Waals surface area contributed by atoms with E-state index in [1.807, 2.05) is 48.5 Å². The number of benzene rings is 2. The van der Waals surface area contributed by atoms with Crippen LogP contribution in [0.25, 0.3) is 22.5 Å². The van der Waals surface area contributed by atoms with E-state index in [4.69, 9.17) is 4.74 Å². The fraction of sp³-hybridized carbons (Fsp3) is 0.273. The molecule has 0 radical (unpaired) electrons. The highest BCUT2D eigenvalue weighted by atomic mass is 79.9. The molecule has 12 heteroatoms. The molecule has 1 saturated heterocycles. The number of aromatic nitrogens is 6. The number of aliphatic hydroxyl groups excluding tert-OH is 3. The highest BCUT2D eigenvalue weighted by molar-refractivity contribution is 9.10. The van der Waals surface area contributed by atoms with E-state index in [-0.39, 0.29) is 0 Å². The average molecular weight is 592 g/mol. The van der Waals surface area contributed by atoms with E-state index in [2.05, 4.69) is 52.5 Å². The molecule has 1 aliphatic heterocycles. The zero-order chi connectivity index (χ0) is 23.8. The molecule has 176 valence electrons. The van der Waals surface area contributed by atoms with Gasteiger partial charge in [0, 0.05) is 20.1 Å². The second-order valence-corrected chi connectivity index (χ2v) is 9.73. The molecule has 1 aliphatic rings. The van der Waals surface area contributed by atoms with Crippen LogP contribution in [0.15, 0.2) is 69.9 Å². The molecule has 0 unspecified atom stereocenters. The number of ether oxygens (including phenoxy) is 1. The van der Waals surface area contributed by atoms with Crippen molar-refractivity contribution < 1.29 is 20.1 Å². The average Bonchev–Trinajstić information content (AvgIpc) is 3.52. The predicted molar refractivity (Wildman–Crippen MR) is 128 cm³/mol. The normalized spacial score (nSPS) is 24.9. The van der Waals surface area contributed by atoms with Crippen LogP contribution in [-0.4, -0.2) is 70.2 Å². The molecule has 0 spiro atoms. The lowest BCUT2D eigenvalue weighted by Crippen LogP contribution is -2.54. The van der Waals surface area contributed by atoms with Gasteiger partial charge in [-0.1, -0.05) is 66.6 Å². The topological polar surface area (TPSA) is 131 Å². The van der Waals surface area contributed by atoms with Gasteiger partial charge in [-0.15, -0.1) is 10.2 Å². The summed E-state index contributed by atoms with van der Waals surface area (Å²) in [5.41, 5.74) is 2.88. The third-order valence-corrected chi connectivity index (χ3v) is 6.79. The van der Waals surface area contributed by atoms with Crippen molar-refractivity contribution in [3.8, 4) is 22.5 Å². The van der Waals surface area contributed by atoms with E-state index in [0.717, 1.165) is 20.1 Å². The van der Waals surface area contributed by atoms with Gasteiger partial charge in [0.05, 0.1) is 19.0 Å². The number of hydrogen-bond donors (Lipinski definition) is 3. The third-order valence-electron chi connectivity index (χ3n) is 5.73. The van der Waals surface area contributed by atoms with E-state index >= 15 is 0 Å². The predicted octanol–water partition coefficient (Wildman–Crippen LogP) is 2.58. The lowest BCUT2D eigenvalue weighted by Gasteiger charge is -2.41. The minimum absolute atomic E-state index is 0.475. The summed E-state index contributed by atoms with van der Waals surface area (Å²) in [5.74, 6) is 0. The van der Waals surface area contributed by atoms with Crippen LogP contribution >= 0.6 is 31.9 Å². The SMILES string of the molecule is OC[C@H]1O[C@H](n2cc(-c3ccc(Br)cc3)nn2)[C@H](n2cc(-c3ccc(Br)cc3)nn2)[C@@H](O)[C@@H]1O. The fourth-order valence-corrected chi connectivity index (χ4v) is 4.45. The number of rotatable bonds is 5. The summed E-state index contributed by atoms with van der Waals surface area (Å²) in [4.78, 5) is 0. The number of aliphatic hydroxyl groups is 3. The molecule has 3 N–H and O–H groups in total. The Labute approximate surface area is 211 Å². The van der Waals surface area contributed by atoms with Gasteiger partial charge in [-0.2, -0.15) is 0 Å². The molecule has 0 amide bonds. The molecule has 0 aliphatic carbocycles. The molecule has 1 fully saturated rings. The van der Waals surface area contributed by atoms with Crippen molar-refractivity contribution in [1.82, 2.24) is 30.0 Å². The van der Waals surface area contributed by atoms with Crippen LogP contribution in [0.4, 0.5) is 0 Å². The van der Waals surface area contributed by atoms with Crippen molar-refractivity contribution in [2.75, 3.05) is 6.61 Å². The van der Waals surface area contributed by atoms with Gasteiger partial charge in [-0.25, -0.2) is 9.36 Å². The Morgan fingerprint density at radius 3 is 1.79 bits per heavy atom. The summed E-state index contributed by atoms with van der Waals surface area (Å²) in [5, 5.41) is 48.1. The van der Waals surface area contributed by atoms with E-state index in [0.29, 0.717) is 11.4 Å². The summed E-state index contributed by atoms with van der Waals surface area (Å²) in [6.07, 6.45) is -1.20. The van der Waals surface area contributed by atoms with E-state index in [9.17, 15) is 15.3 Å². The van der Waals surface area contributed by atoms with Crippen LogP contribution in [0.3, 0.4) is 0 Å². The molecule has 2 aromatic heterocycles. The molecule has 2 aromatic carbocycles. The quantitative estimate of drug-likeness (QED) is 0.323. The summed E-state index contributed by atoms with van der Waals surface area (Å²) in [6.45, 7) is -0.475. The van der Waals surface area contributed by atoms with Gasteiger partial charge < -0.3 is 20.1 Å². The molecule has 4 aromatic rings. The third kappa shape index (κ3) is 4.44. The smallest absolute Gasteiger partial charge is 0.177 e. The van der Waals surface area contributed by atoms with Gasteiger partial charge >= 0.3 is 0 Å². The highest BCUT2D eigenvalue weighted by Crippen LogP contribution is 2.37. The molecule has 10 nitrogen and oxygen atoms in total. The second-order valence-electron chi connectivity index (χ2n) is 7.90. The first-order valence-corrected chi connectivity index (χ1v) is 12.0. The lowest BCUT2D eigenvalue weighted by atomic mass is 9.96. The maximum Gasteiger partial charge on any atom is 0.177 e. The van der Waals surface area contributed by atoms with Crippen molar-refractivity contribution in [3.63, 3.8) is 0 Å². The fourth-order valence-electron chi connectivity index (χ4n) is 3.92. The maximum atomic E-state index is 11.0. The van der Waals surface area contributed by atoms with Gasteiger partial charge in [0.2, 0.25) is 0 Å². The minimum atomic E-state index is -1.33. The van der Waals surface area contributed by atoms with E-state index < -0.39 is 37.2 Å². The van der Waals surface area contributed by atoms with Crippen molar-refractivity contribution >= 4 is 31.9 Å². The van der Waals surface area contributed by atoms with Crippen LogP contribution in [0, 0.1) is 0 Å². The van der Waals surface area contributed by atoms with Crippen molar-refractivity contribution in [2.45, 2.75) is 30.6 Å². The zero-order valence-electron chi connectivity index (χ0n) is 17.6. The first kappa shape index (κ1) is 23.3. The van der Waals surface area contributed by atoms with Crippen LogP contribution in [0.2, 0.25) is 0 Å². The van der Waals surface area contributed by atoms with E-state index in [1.165, 1.54) is 9.36 Å². The Morgan fingerprint density at radius 2 is 1.26 bits per heavy atom. The first-order chi connectivity index (χ1) is 16.4. The molecule has 3 heterocycles. The van der Waals surface area contributed by atoms with Gasteiger partial charge in [-0.3, -0.25) is 0 Å². The van der Waals surface area contributed by atoms with Gasteiger partial charge in [-0.05, 0) is 24.3 Å². The Balaban J connectivity index is 1.50. The summed E-state index contributed by atoms with van der Waals surface area (Å²) in [6, 6.07) is 14.3. The minimum Gasteiger partial charge on any atom is -0.394 e. The van der Waals surface area contributed by atoms with Gasteiger partial charge in [0.15, 0.2) is 6.23 Å². The van der Waals surface area contributed by atoms with Crippen molar-refractivity contribution in [2.24, 2.45) is 0 Å². The number of halogens is 2. The van der Waals surface area contributed by atoms with Crippen LogP contribution in [0.1, 0.15) is 12.3 Å². The second kappa shape index (κ2) is 9.64. The molecular weight excluding hydrogens is 572 g/mol. The Bertz CT molecular complexity index is 1260. The maximum absolute atomic E-state index is 11.0. The number of nitrogens with zero attached hydrogens (tertiary/aromatic N) is 6. The Morgan fingerprint density at radius 1 is 0.765 bits per heavy atom. The molecule has 34 heavy (non-hydrogen) atoms. The molecule has 0 saturated carbocycles. The van der Waals surface area contributed by atoms with Gasteiger partial charge in [0.1, 0.15) is 35.7 Å². The Kier molecular flexibility index (Phi) is 6.60. The monoisotopic (exact) mass is 590 g/mol. The van der Waals surface area contributed by atoms with Gasteiger partial charge in [0.25, 0.3) is 0 Å². The van der Waals surface area contributed by atoms with Crippen LogP contribution in [-0.2, 0) is 4.74 Å². The Hall–Kier alpha value is -2.48. The first-order valence-electron chi connectivity index (χ1n) is 10.4. The van der Waals surface area contributed by atoms with Crippen molar-refractivity contribution in [1.29, 1.82) is 0 Å². The molecule has 5 rings (SSSR count). The molecule has 0 bridgehead atoms. The van der Waals surface area contributed by atoms with E-state index in [1.54, 1.807) is 12.4 Å². The molecular formula is C22H20Br2N6O4. The standard InChI is InChI=1S/C22H20Br2N6O4/c23-14-5-1-12(2-6-14)16-9-29(27-25-16)19-21(33)20(32)18(11-31)34-22(19)30-10-17(26-28-30)13-3-7-15(24)8-4-13/h1-10,18-22,31-33H,11H2/t18-,19-,20-,21-,22+/m1/s1. The van der Waals surface area contributed by atoms with Crippen LogP contribution in [0.5, 0.6) is 0 Å². The largest absolute Gasteiger partial charge is 0.394 e. The summed E-state index contributed by atoms with van der Waals surface area (Å²) >= 11 is 6.83. The number of hydrogen-bond acceptors (Lipinski definition) is 8. The highest BCUT2D eigenvalue weighted by Gasteiger charge is 2.47. The summed E-state index contributed by atoms with van der Waals surface area (Å²) in [7, 11) is 0. The van der Waals surface area contributed by atoms with Crippen LogP contribution < -0.4 is 0 Å². The van der Waals surface area contributed by atoms with Crippen molar-refractivity contribution in [3.05, 3.63) is 69.9 Å². The zero-order valence-corrected chi connectivity index (χ0v) is 20.7.